The maximum atomic E-state index is 12.0. The molecule has 0 bridgehead atoms. The zero-order valence-electron chi connectivity index (χ0n) is 12.7. The number of rotatable bonds is 3. The number of benzene rings is 1. The molecule has 1 heterocycles. The van der Waals surface area contributed by atoms with Crippen molar-refractivity contribution in [3.8, 4) is 0 Å². The summed E-state index contributed by atoms with van der Waals surface area (Å²) in [7, 11) is 3.09. The molecule has 0 radical (unpaired) electrons. The Balaban J connectivity index is 2.12. The van der Waals surface area contributed by atoms with Gasteiger partial charge in [-0.25, -0.2) is 4.79 Å². The molecule has 0 N–H and O–H groups in total. The maximum absolute atomic E-state index is 12.0. The van der Waals surface area contributed by atoms with Crippen molar-refractivity contribution in [1.29, 1.82) is 0 Å². The molecule has 0 atom stereocenters. The van der Waals surface area contributed by atoms with Crippen molar-refractivity contribution in [2.45, 2.75) is 31.6 Å². The number of methoxy groups -OCH3 is 1. The van der Waals surface area contributed by atoms with Gasteiger partial charge in [0.05, 0.1) is 7.11 Å². The summed E-state index contributed by atoms with van der Waals surface area (Å²) < 4.78 is 6.39. The predicted molar refractivity (Wildman–Crippen MR) is 85.5 cm³/mol. The zero-order chi connectivity index (χ0) is 15.9. The lowest BCUT2D eigenvalue weighted by Gasteiger charge is -2.08. The van der Waals surface area contributed by atoms with E-state index >= 15 is 0 Å². The molecule has 116 valence electrons. The first-order valence-electron chi connectivity index (χ1n) is 7.45. The summed E-state index contributed by atoms with van der Waals surface area (Å²) >= 11 is 6.52. The molecule has 5 heteroatoms. The molecule has 1 aromatic carbocycles. The van der Waals surface area contributed by atoms with Crippen molar-refractivity contribution in [2.24, 2.45) is 7.05 Å². The second-order valence-electron chi connectivity index (χ2n) is 5.80. The second kappa shape index (κ2) is 5.76. The van der Waals surface area contributed by atoms with Gasteiger partial charge in [-0.05, 0) is 30.4 Å². The standard InChI is InChI=1S/C17H18ClNO3/c1-19-13-9-11(15(20)17(21)22-2)7-8-12(13)14(16(19)18)10-5-3-4-6-10/h7-10H,3-6H2,1-2H3. The number of carbonyl (C=O) groups is 2. The zero-order valence-corrected chi connectivity index (χ0v) is 13.4. The first-order valence-corrected chi connectivity index (χ1v) is 7.83. The molecular weight excluding hydrogens is 302 g/mol. The summed E-state index contributed by atoms with van der Waals surface area (Å²) in [4.78, 5) is 23.4. The molecule has 0 aliphatic heterocycles. The Bertz CT molecular complexity index is 757. The second-order valence-corrected chi connectivity index (χ2v) is 6.16. The molecule has 1 aliphatic rings. The SMILES string of the molecule is COC(=O)C(=O)c1ccc2c(C3CCCC3)c(Cl)n(C)c2c1. The van der Waals surface area contributed by atoms with E-state index in [4.69, 9.17) is 11.6 Å². The highest BCUT2D eigenvalue weighted by atomic mass is 35.5. The Labute approximate surface area is 134 Å². The van der Waals surface area contributed by atoms with Gasteiger partial charge in [-0.15, -0.1) is 0 Å². The fourth-order valence-corrected chi connectivity index (χ4v) is 3.74. The molecule has 1 aliphatic carbocycles. The van der Waals surface area contributed by atoms with Crippen LogP contribution >= 0.6 is 11.6 Å². The number of esters is 1. The van der Waals surface area contributed by atoms with E-state index in [0.29, 0.717) is 11.5 Å². The highest BCUT2D eigenvalue weighted by molar-refractivity contribution is 6.41. The van der Waals surface area contributed by atoms with Crippen molar-refractivity contribution >= 4 is 34.3 Å². The van der Waals surface area contributed by atoms with E-state index < -0.39 is 11.8 Å². The van der Waals surface area contributed by atoms with Crippen LogP contribution in [0.5, 0.6) is 0 Å². The lowest BCUT2D eigenvalue weighted by atomic mass is 9.96. The van der Waals surface area contributed by atoms with Gasteiger partial charge in [-0.2, -0.15) is 0 Å². The van der Waals surface area contributed by atoms with Gasteiger partial charge >= 0.3 is 5.97 Å². The minimum Gasteiger partial charge on any atom is -0.463 e. The third-order valence-electron chi connectivity index (χ3n) is 4.56. The van der Waals surface area contributed by atoms with Gasteiger partial charge in [0, 0.05) is 23.5 Å². The largest absolute Gasteiger partial charge is 0.463 e. The lowest BCUT2D eigenvalue weighted by molar-refractivity contribution is -0.135. The van der Waals surface area contributed by atoms with Gasteiger partial charge in [0.2, 0.25) is 0 Å². The van der Waals surface area contributed by atoms with E-state index in [9.17, 15) is 9.59 Å². The molecule has 0 unspecified atom stereocenters. The van der Waals surface area contributed by atoms with E-state index in [-0.39, 0.29) is 0 Å². The van der Waals surface area contributed by atoms with E-state index in [1.54, 1.807) is 12.1 Å². The fraction of sp³-hybridized carbons (Fsp3) is 0.412. The van der Waals surface area contributed by atoms with Crippen LogP contribution in [0, 0.1) is 0 Å². The van der Waals surface area contributed by atoms with Crippen LogP contribution in [0.3, 0.4) is 0 Å². The Morgan fingerprint density at radius 1 is 1.27 bits per heavy atom. The van der Waals surface area contributed by atoms with Crippen molar-refractivity contribution in [2.75, 3.05) is 7.11 Å². The Hall–Kier alpha value is -1.81. The van der Waals surface area contributed by atoms with Gasteiger partial charge in [0.25, 0.3) is 5.78 Å². The van der Waals surface area contributed by atoms with Crippen LogP contribution in [-0.2, 0) is 16.6 Å². The smallest absolute Gasteiger partial charge is 0.379 e. The highest BCUT2D eigenvalue weighted by Gasteiger charge is 2.26. The number of ketones is 1. The number of nitrogens with zero attached hydrogens (tertiary/aromatic N) is 1. The molecular formula is C17H18ClNO3. The third kappa shape index (κ3) is 2.31. The number of carbonyl (C=O) groups excluding carboxylic acids is 2. The van der Waals surface area contributed by atoms with Crippen LogP contribution in [-0.4, -0.2) is 23.4 Å². The molecule has 2 aromatic rings. The Morgan fingerprint density at radius 2 is 1.95 bits per heavy atom. The van der Waals surface area contributed by atoms with Gasteiger partial charge < -0.3 is 9.30 Å². The molecule has 1 aromatic heterocycles. The van der Waals surface area contributed by atoms with Gasteiger partial charge in [-0.1, -0.05) is 36.6 Å². The predicted octanol–water partition coefficient (Wildman–Crippen LogP) is 3.85. The summed E-state index contributed by atoms with van der Waals surface area (Å²) in [5.41, 5.74) is 2.38. The molecule has 1 saturated carbocycles. The van der Waals surface area contributed by atoms with Gasteiger partial charge in [-0.3, -0.25) is 4.79 Å². The Kier molecular flexibility index (Phi) is 3.96. The van der Waals surface area contributed by atoms with E-state index in [0.717, 1.165) is 28.9 Å². The number of hydrogen-bond acceptors (Lipinski definition) is 3. The van der Waals surface area contributed by atoms with Crippen LogP contribution in [0.4, 0.5) is 0 Å². The van der Waals surface area contributed by atoms with Gasteiger partial charge in [0.1, 0.15) is 5.15 Å². The van der Waals surface area contributed by atoms with E-state index in [2.05, 4.69) is 4.74 Å². The molecule has 0 spiro atoms. The van der Waals surface area contributed by atoms with Crippen LogP contribution in [0.1, 0.15) is 47.5 Å². The summed E-state index contributed by atoms with van der Waals surface area (Å²) in [5, 5.41) is 1.80. The average molecular weight is 320 g/mol. The number of aryl methyl sites for hydroxylation is 1. The number of Topliss-reactive ketones (excluding diaryl/α,β-unsaturated/α-hetero) is 1. The number of hydrogen-bond donors (Lipinski definition) is 0. The van der Waals surface area contributed by atoms with Crippen molar-refractivity contribution < 1.29 is 14.3 Å². The first-order chi connectivity index (χ1) is 10.5. The molecule has 0 saturated heterocycles. The summed E-state index contributed by atoms with van der Waals surface area (Å²) in [6.07, 6.45) is 4.77. The van der Waals surface area contributed by atoms with E-state index in [1.165, 1.54) is 25.5 Å². The topological polar surface area (TPSA) is 48.3 Å². The monoisotopic (exact) mass is 319 g/mol. The number of aromatic nitrogens is 1. The van der Waals surface area contributed by atoms with Gasteiger partial charge in [0.15, 0.2) is 0 Å². The van der Waals surface area contributed by atoms with Crippen LogP contribution in [0.2, 0.25) is 5.15 Å². The fourth-order valence-electron chi connectivity index (χ4n) is 3.39. The molecule has 0 amide bonds. The van der Waals surface area contributed by atoms with Crippen molar-refractivity contribution in [3.63, 3.8) is 0 Å². The normalized spacial score (nSPS) is 15.4. The van der Waals surface area contributed by atoms with Crippen LogP contribution < -0.4 is 0 Å². The number of ether oxygens (including phenoxy) is 1. The summed E-state index contributed by atoms with van der Waals surface area (Å²) in [6.45, 7) is 0. The first kappa shape index (κ1) is 15.1. The van der Waals surface area contributed by atoms with Crippen molar-refractivity contribution in [1.82, 2.24) is 4.57 Å². The molecule has 1 fully saturated rings. The number of fused-ring (bicyclic) bond motifs is 1. The summed E-state index contributed by atoms with van der Waals surface area (Å²) in [6, 6.07) is 5.29. The molecule has 3 rings (SSSR count). The molecule has 22 heavy (non-hydrogen) atoms. The molecule has 4 nitrogen and oxygen atoms in total. The number of halogens is 1. The minimum atomic E-state index is -0.851. The van der Waals surface area contributed by atoms with E-state index in [1.807, 2.05) is 17.7 Å². The third-order valence-corrected chi connectivity index (χ3v) is 5.02. The Morgan fingerprint density at radius 3 is 2.59 bits per heavy atom. The average Bonchev–Trinajstić information content (AvgIpc) is 3.14. The van der Waals surface area contributed by atoms with Crippen molar-refractivity contribution in [3.05, 3.63) is 34.5 Å². The lowest BCUT2D eigenvalue weighted by Crippen LogP contribution is -2.15. The minimum absolute atomic E-state index is 0.328. The summed E-state index contributed by atoms with van der Waals surface area (Å²) in [5.74, 6) is -1.00. The maximum Gasteiger partial charge on any atom is 0.379 e. The van der Waals surface area contributed by atoms with Crippen LogP contribution in [0.25, 0.3) is 10.9 Å². The quantitative estimate of drug-likeness (QED) is 0.490. The van der Waals surface area contributed by atoms with Crippen LogP contribution in [0.15, 0.2) is 18.2 Å². The highest BCUT2D eigenvalue weighted by Crippen LogP contribution is 2.42.